The molecule has 1 atom stereocenters. The summed E-state index contributed by atoms with van der Waals surface area (Å²) >= 11 is 6.15. The summed E-state index contributed by atoms with van der Waals surface area (Å²) in [5, 5.41) is 0.527. The standard InChI is InChI=1S/C19H20ClNO2/c1-13-7-8-17(20)18(11-13)23-14(2)19(22)21-10-9-15-5-3-4-6-16(15)12-21/h3-8,11,14H,9-10,12H2,1-2H3. The molecule has 1 heterocycles. The van der Waals surface area contributed by atoms with Crippen LogP contribution in [0.2, 0.25) is 5.02 Å². The molecule has 0 radical (unpaired) electrons. The second-order valence-electron chi connectivity index (χ2n) is 5.97. The summed E-state index contributed by atoms with van der Waals surface area (Å²) in [6.45, 7) is 5.12. The molecule has 0 aliphatic carbocycles. The van der Waals surface area contributed by atoms with Crippen molar-refractivity contribution in [1.82, 2.24) is 4.90 Å². The van der Waals surface area contributed by atoms with Gasteiger partial charge in [-0.3, -0.25) is 4.79 Å². The van der Waals surface area contributed by atoms with E-state index in [1.165, 1.54) is 11.1 Å². The van der Waals surface area contributed by atoms with Crippen LogP contribution >= 0.6 is 11.6 Å². The van der Waals surface area contributed by atoms with E-state index >= 15 is 0 Å². The van der Waals surface area contributed by atoms with E-state index in [4.69, 9.17) is 16.3 Å². The number of benzene rings is 2. The van der Waals surface area contributed by atoms with Crippen LogP contribution in [-0.2, 0) is 17.8 Å². The van der Waals surface area contributed by atoms with Gasteiger partial charge in [-0.05, 0) is 49.1 Å². The minimum absolute atomic E-state index is 0.00271. The van der Waals surface area contributed by atoms with Crippen molar-refractivity contribution in [2.45, 2.75) is 32.9 Å². The van der Waals surface area contributed by atoms with E-state index in [0.717, 1.165) is 18.5 Å². The Balaban J connectivity index is 1.70. The van der Waals surface area contributed by atoms with Gasteiger partial charge in [-0.1, -0.05) is 41.9 Å². The van der Waals surface area contributed by atoms with Gasteiger partial charge in [0.25, 0.3) is 5.91 Å². The third kappa shape index (κ3) is 3.50. The molecule has 0 bridgehead atoms. The lowest BCUT2D eigenvalue weighted by Crippen LogP contribution is -2.43. The second-order valence-corrected chi connectivity index (χ2v) is 6.38. The van der Waals surface area contributed by atoms with Gasteiger partial charge < -0.3 is 9.64 Å². The molecule has 0 saturated carbocycles. The number of ether oxygens (including phenoxy) is 1. The number of carbonyl (C=O) groups is 1. The van der Waals surface area contributed by atoms with Gasteiger partial charge >= 0.3 is 0 Å². The topological polar surface area (TPSA) is 29.5 Å². The lowest BCUT2D eigenvalue weighted by molar-refractivity contribution is -0.138. The molecule has 3 rings (SSSR count). The largest absolute Gasteiger partial charge is 0.479 e. The molecule has 1 aliphatic heterocycles. The molecule has 1 amide bonds. The molecular formula is C19H20ClNO2. The third-order valence-corrected chi connectivity index (χ3v) is 4.49. The Kier molecular flexibility index (Phi) is 4.58. The number of halogens is 1. The van der Waals surface area contributed by atoms with Crippen molar-refractivity contribution in [1.29, 1.82) is 0 Å². The summed E-state index contributed by atoms with van der Waals surface area (Å²) in [6.07, 6.45) is 0.333. The summed E-state index contributed by atoms with van der Waals surface area (Å²) in [6, 6.07) is 13.8. The number of nitrogens with zero attached hydrogens (tertiary/aromatic N) is 1. The van der Waals surface area contributed by atoms with Gasteiger partial charge in [-0.25, -0.2) is 0 Å². The first kappa shape index (κ1) is 15.9. The fraction of sp³-hybridized carbons (Fsp3) is 0.316. The zero-order valence-corrected chi connectivity index (χ0v) is 14.1. The first-order valence-corrected chi connectivity index (χ1v) is 8.21. The van der Waals surface area contributed by atoms with Gasteiger partial charge in [0.05, 0.1) is 5.02 Å². The van der Waals surface area contributed by atoms with E-state index in [1.54, 1.807) is 13.0 Å². The van der Waals surface area contributed by atoms with Crippen molar-refractivity contribution in [3.8, 4) is 5.75 Å². The molecule has 2 aromatic rings. The van der Waals surface area contributed by atoms with Crippen LogP contribution in [-0.4, -0.2) is 23.5 Å². The monoisotopic (exact) mass is 329 g/mol. The Hall–Kier alpha value is -2.00. The van der Waals surface area contributed by atoms with E-state index < -0.39 is 6.10 Å². The Morgan fingerprint density at radius 3 is 2.74 bits per heavy atom. The first-order valence-electron chi connectivity index (χ1n) is 7.83. The second kappa shape index (κ2) is 6.63. The van der Waals surface area contributed by atoms with Crippen LogP contribution < -0.4 is 4.74 Å². The van der Waals surface area contributed by atoms with E-state index in [2.05, 4.69) is 12.1 Å². The van der Waals surface area contributed by atoms with Crippen LogP contribution in [0.4, 0.5) is 0 Å². The van der Waals surface area contributed by atoms with Crippen LogP contribution in [0.15, 0.2) is 42.5 Å². The zero-order chi connectivity index (χ0) is 16.4. The number of hydrogen-bond donors (Lipinski definition) is 0. The zero-order valence-electron chi connectivity index (χ0n) is 13.4. The van der Waals surface area contributed by atoms with Gasteiger partial charge in [0.2, 0.25) is 0 Å². The highest BCUT2D eigenvalue weighted by atomic mass is 35.5. The maximum atomic E-state index is 12.7. The normalized spacial score (nSPS) is 15.0. The van der Waals surface area contributed by atoms with E-state index in [9.17, 15) is 4.79 Å². The maximum Gasteiger partial charge on any atom is 0.263 e. The molecule has 23 heavy (non-hydrogen) atoms. The number of aryl methyl sites for hydroxylation is 1. The summed E-state index contributed by atoms with van der Waals surface area (Å²) in [7, 11) is 0. The fourth-order valence-electron chi connectivity index (χ4n) is 2.88. The van der Waals surface area contributed by atoms with Gasteiger partial charge in [-0.2, -0.15) is 0 Å². The molecule has 0 saturated heterocycles. The van der Waals surface area contributed by atoms with Crippen molar-refractivity contribution in [2.24, 2.45) is 0 Å². The number of amides is 1. The summed E-state index contributed by atoms with van der Waals surface area (Å²) in [4.78, 5) is 14.5. The molecule has 1 aliphatic rings. The molecule has 0 spiro atoms. The van der Waals surface area contributed by atoms with Crippen LogP contribution in [0.3, 0.4) is 0 Å². The molecule has 2 aromatic carbocycles. The molecule has 0 fully saturated rings. The molecule has 4 heteroatoms. The predicted octanol–water partition coefficient (Wildman–Crippen LogP) is 4.00. The predicted molar refractivity (Wildman–Crippen MR) is 91.8 cm³/mol. The van der Waals surface area contributed by atoms with Gasteiger partial charge in [0.1, 0.15) is 5.75 Å². The highest BCUT2D eigenvalue weighted by molar-refractivity contribution is 6.32. The van der Waals surface area contributed by atoms with Crippen LogP contribution in [0, 0.1) is 6.92 Å². The molecule has 120 valence electrons. The molecule has 0 N–H and O–H groups in total. The van der Waals surface area contributed by atoms with Crippen molar-refractivity contribution >= 4 is 17.5 Å². The van der Waals surface area contributed by atoms with E-state index in [-0.39, 0.29) is 5.91 Å². The minimum atomic E-state index is -0.556. The number of carbonyl (C=O) groups excluding carboxylic acids is 1. The third-order valence-electron chi connectivity index (χ3n) is 4.18. The number of hydrogen-bond acceptors (Lipinski definition) is 2. The molecule has 3 nitrogen and oxygen atoms in total. The average Bonchev–Trinajstić information content (AvgIpc) is 2.57. The first-order chi connectivity index (χ1) is 11.0. The lowest BCUT2D eigenvalue weighted by Gasteiger charge is -2.31. The van der Waals surface area contributed by atoms with Crippen molar-refractivity contribution < 1.29 is 9.53 Å². The summed E-state index contributed by atoms with van der Waals surface area (Å²) in [5.74, 6) is 0.557. The fourth-order valence-corrected chi connectivity index (χ4v) is 3.04. The minimum Gasteiger partial charge on any atom is -0.479 e. The molecule has 0 aromatic heterocycles. The molecular weight excluding hydrogens is 310 g/mol. The van der Waals surface area contributed by atoms with Crippen molar-refractivity contribution in [3.05, 3.63) is 64.2 Å². The number of fused-ring (bicyclic) bond motifs is 1. The average molecular weight is 330 g/mol. The van der Waals surface area contributed by atoms with E-state index in [1.807, 2.05) is 36.1 Å². The quantitative estimate of drug-likeness (QED) is 0.851. The summed E-state index contributed by atoms with van der Waals surface area (Å²) < 4.78 is 5.81. The highest BCUT2D eigenvalue weighted by Gasteiger charge is 2.26. The van der Waals surface area contributed by atoms with E-state index in [0.29, 0.717) is 17.3 Å². The van der Waals surface area contributed by atoms with Crippen molar-refractivity contribution in [3.63, 3.8) is 0 Å². The smallest absolute Gasteiger partial charge is 0.263 e. The Labute approximate surface area is 141 Å². The van der Waals surface area contributed by atoms with Crippen LogP contribution in [0.25, 0.3) is 0 Å². The lowest BCUT2D eigenvalue weighted by atomic mass is 9.99. The molecule has 1 unspecified atom stereocenters. The Morgan fingerprint density at radius 2 is 1.96 bits per heavy atom. The summed E-state index contributed by atoms with van der Waals surface area (Å²) in [5.41, 5.74) is 3.59. The SMILES string of the molecule is Cc1ccc(Cl)c(OC(C)C(=O)N2CCc3ccccc3C2)c1. The van der Waals surface area contributed by atoms with Gasteiger partial charge in [-0.15, -0.1) is 0 Å². The number of rotatable bonds is 3. The Morgan fingerprint density at radius 1 is 1.22 bits per heavy atom. The van der Waals surface area contributed by atoms with Crippen molar-refractivity contribution in [2.75, 3.05) is 6.54 Å². The van der Waals surface area contributed by atoms with Crippen LogP contribution in [0.1, 0.15) is 23.6 Å². The van der Waals surface area contributed by atoms with Gasteiger partial charge in [0, 0.05) is 13.1 Å². The highest BCUT2D eigenvalue weighted by Crippen LogP contribution is 2.27. The Bertz CT molecular complexity index is 729. The van der Waals surface area contributed by atoms with Crippen LogP contribution in [0.5, 0.6) is 5.75 Å². The van der Waals surface area contributed by atoms with Gasteiger partial charge in [0.15, 0.2) is 6.10 Å². The maximum absolute atomic E-state index is 12.7.